The number of aromatic nitrogens is 3. The summed E-state index contributed by atoms with van der Waals surface area (Å²) < 4.78 is 19.0. The zero-order valence-corrected chi connectivity index (χ0v) is 19.1. The van der Waals surface area contributed by atoms with Gasteiger partial charge >= 0.3 is 0 Å². The van der Waals surface area contributed by atoms with Gasteiger partial charge in [0.25, 0.3) is 0 Å². The molecule has 1 N–H and O–H groups in total. The van der Waals surface area contributed by atoms with E-state index in [1.807, 2.05) is 35.9 Å². The second kappa shape index (κ2) is 10.4. The molecule has 158 valence electrons. The number of rotatable bonds is 9. The van der Waals surface area contributed by atoms with Crippen molar-refractivity contribution in [1.29, 1.82) is 0 Å². The summed E-state index contributed by atoms with van der Waals surface area (Å²) in [5.41, 5.74) is 0.545. The van der Waals surface area contributed by atoms with Gasteiger partial charge in [-0.15, -0.1) is 10.2 Å². The molecule has 0 unspecified atom stereocenters. The number of nitrogens with zero attached hydrogens (tertiary/aromatic N) is 3. The Morgan fingerprint density at radius 3 is 2.53 bits per heavy atom. The van der Waals surface area contributed by atoms with Crippen LogP contribution in [-0.4, -0.2) is 40.6 Å². The Labute approximate surface area is 187 Å². The van der Waals surface area contributed by atoms with Crippen LogP contribution in [0.15, 0.2) is 52.1 Å². The van der Waals surface area contributed by atoms with E-state index in [2.05, 4.69) is 31.4 Å². The highest BCUT2D eigenvalue weighted by molar-refractivity contribution is 9.10. The van der Waals surface area contributed by atoms with Crippen molar-refractivity contribution in [1.82, 2.24) is 14.8 Å². The van der Waals surface area contributed by atoms with E-state index < -0.39 is 0 Å². The number of carbonyl (C=O) groups is 1. The van der Waals surface area contributed by atoms with Gasteiger partial charge in [0.1, 0.15) is 23.9 Å². The number of methoxy groups -OCH3 is 2. The maximum Gasteiger partial charge on any atom is 0.234 e. The van der Waals surface area contributed by atoms with Crippen molar-refractivity contribution in [3.05, 3.63) is 52.8 Å². The Balaban J connectivity index is 1.56. The molecule has 1 amide bonds. The molecule has 1 aromatic heterocycles. The molecule has 3 aromatic rings. The van der Waals surface area contributed by atoms with Crippen LogP contribution in [0.3, 0.4) is 0 Å². The van der Waals surface area contributed by atoms with Crippen LogP contribution in [0.5, 0.6) is 17.2 Å². The Morgan fingerprint density at radius 1 is 1.10 bits per heavy atom. The summed E-state index contributed by atoms with van der Waals surface area (Å²) >= 11 is 4.68. The van der Waals surface area contributed by atoms with Gasteiger partial charge in [-0.2, -0.15) is 0 Å². The van der Waals surface area contributed by atoms with Gasteiger partial charge in [-0.25, -0.2) is 0 Å². The summed E-state index contributed by atoms with van der Waals surface area (Å²) in [4.78, 5) is 12.4. The zero-order valence-electron chi connectivity index (χ0n) is 16.7. The monoisotopic (exact) mass is 492 g/mol. The van der Waals surface area contributed by atoms with E-state index in [1.54, 1.807) is 32.4 Å². The number of hydrogen-bond acceptors (Lipinski definition) is 7. The van der Waals surface area contributed by atoms with E-state index in [0.29, 0.717) is 28.2 Å². The van der Waals surface area contributed by atoms with Crippen molar-refractivity contribution >= 4 is 39.3 Å². The molecule has 1 heterocycles. The van der Waals surface area contributed by atoms with Crippen LogP contribution in [0.25, 0.3) is 0 Å². The van der Waals surface area contributed by atoms with Crippen molar-refractivity contribution in [2.75, 3.05) is 25.3 Å². The molecule has 0 fully saturated rings. The predicted octanol–water partition coefficient (Wildman–Crippen LogP) is 3.90. The number of hydrogen-bond donors (Lipinski definition) is 1. The number of carbonyl (C=O) groups excluding carboxylic acids is 1. The molecular formula is C20H21BrN4O4S. The average Bonchev–Trinajstić information content (AvgIpc) is 3.11. The van der Waals surface area contributed by atoms with Crippen LogP contribution >= 0.6 is 27.7 Å². The van der Waals surface area contributed by atoms with Crippen LogP contribution in [0.4, 0.5) is 5.69 Å². The summed E-state index contributed by atoms with van der Waals surface area (Å²) in [6, 6.07) is 12.8. The summed E-state index contributed by atoms with van der Waals surface area (Å²) in [6.07, 6.45) is 0. The third kappa shape index (κ3) is 5.67. The van der Waals surface area contributed by atoms with Gasteiger partial charge < -0.3 is 24.1 Å². The molecule has 3 rings (SSSR count). The number of amides is 1. The van der Waals surface area contributed by atoms with E-state index in [9.17, 15) is 4.79 Å². The molecule has 0 aliphatic carbocycles. The summed E-state index contributed by atoms with van der Waals surface area (Å²) in [6.45, 7) is 0.277. The van der Waals surface area contributed by atoms with Crippen LogP contribution in [0.2, 0.25) is 0 Å². The quantitative estimate of drug-likeness (QED) is 0.453. The smallest absolute Gasteiger partial charge is 0.234 e. The Bertz CT molecular complexity index is 1010. The van der Waals surface area contributed by atoms with Crippen LogP contribution in [-0.2, 0) is 18.4 Å². The van der Waals surface area contributed by atoms with Gasteiger partial charge in [0.15, 0.2) is 11.0 Å². The maximum atomic E-state index is 12.4. The third-order valence-corrected chi connectivity index (χ3v) is 5.67. The van der Waals surface area contributed by atoms with Gasteiger partial charge in [-0.1, -0.05) is 27.7 Å². The standard InChI is InChI=1S/C20H21BrN4O4S/c1-25-18(11-29-14-6-4-13(21)5-7-14)23-24-20(25)30-12-19(26)22-16-10-15(27-2)8-9-17(16)28-3/h4-10H,11-12H2,1-3H3,(H,22,26). The zero-order chi connectivity index (χ0) is 21.5. The van der Waals surface area contributed by atoms with Crippen LogP contribution in [0, 0.1) is 0 Å². The molecule has 8 nitrogen and oxygen atoms in total. The lowest BCUT2D eigenvalue weighted by molar-refractivity contribution is -0.113. The first-order valence-corrected chi connectivity index (χ1v) is 10.7. The molecule has 0 saturated heterocycles. The minimum absolute atomic E-state index is 0.167. The van der Waals surface area contributed by atoms with E-state index in [1.165, 1.54) is 11.8 Å². The fraction of sp³-hybridized carbons (Fsp3) is 0.250. The first kappa shape index (κ1) is 22.0. The van der Waals surface area contributed by atoms with Gasteiger partial charge in [0.05, 0.1) is 25.7 Å². The predicted molar refractivity (Wildman–Crippen MR) is 118 cm³/mol. The van der Waals surface area contributed by atoms with Gasteiger partial charge in [0, 0.05) is 17.6 Å². The second-order valence-corrected chi connectivity index (χ2v) is 7.96. The number of nitrogens with one attached hydrogen (secondary N) is 1. The highest BCUT2D eigenvalue weighted by Gasteiger charge is 2.14. The molecule has 0 bridgehead atoms. The largest absolute Gasteiger partial charge is 0.497 e. The van der Waals surface area contributed by atoms with Crippen LogP contribution in [0.1, 0.15) is 5.82 Å². The number of anilines is 1. The number of thioether (sulfide) groups is 1. The van der Waals surface area contributed by atoms with Crippen molar-refractivity contribution in [3.63, 3.8) is 0 Å². The van der Waals surface area contributed by atoms with Crippen molar-refractivity contribution in [2.45, 2.75) is 11.8 Å². The van der Waals surface area contributed by atoms with Crippen LogP contribution < -0.4 is 19.5 Å². The minimum atomic E-state index is -0.192. The third-order valence-electron chi connectivity index (χ3n) is 4.12. The number of halogens is 1. The van der Waals surface area contributed by atoms with Crippen molar-refractivity contribution in [3.8, 4) is 17.2 Å². The first-order chi connectivity index (χ1) is 14.5. The summed E-state index contributed by atoms with van der Waals surface area (Å²) in [5.74, 6) is 2.56. The fourth-order valence-electron chi connectivity index (χ4n) is 2.50. The molecule has 10 heteroatoms. The highest BCUT2D eigenvalue weighted by atomic mass is 79.9. The molecule has 0 saturated carbocycles. The van der Waals surface area contributed by atoms with E-state index in [4.69, 9.17) is 14.2 Å². The van der Waals surface area contributed by atoms with Gasteiger partial charge in [0.2, 0.25) is 5.91 Å². The molecule has 0 aliphatic rings. The average molecular weight is 493 g/mol. The lowest BCUT2D eigenvalue weighted by atomic mass is 10.2. The van der Waals surface area contributed by atoms with Crippen molar-refractivity contribution < 1.29 is 19.0 Å². The number of benzene rings is 2. The summed E-state index contributed by atoms with van der Waals surface area (Å²) in [7, 11) is 4.95. The maximum absolute atomic E-state index is 12.4. The van der Waals surface area contributed by atoms with Gasteiger partial charge in [-0.05, 0) is 36.4 Å². The van der Waals surface area contributed by atoms with E-state index in [-0.39, 0.29) is 18.3 Å². The molecule has 0 radical (unpaired) electrons. The summed E-state index contributed by atoms with van der Waals surface area (Å²) in [5, 5.41) is 11.8. The second-order valence-electron chi connectivity index (χ2n) is 6.10. The Hall–Kier alpha value is -2.72. The Kier molecular flexibility index (Phi) is 7.58. The Morgan fingerprint density at radius 2 is 1.83 bits per heavy atom. The lowest BCUT2D eigenvalue weighted by Gasteiger charge is -2.11. The minimum Gasteiger partial charge on any atom is -0.497 e. The topological polar surface area (TPSA) is 87.5 Å². The highest BCUT2D eigenvalue weighted by Crippen LogP contribution is 2.29. The molecule has 0 atom stereocenters. The van der Waals surface area contributed by atoms with E-state index >= 15 is 0 Å². The fourth-order valence-corrected chi connectivity index (χ4v) is 3.50. The molecule has 2 aromatic carbocycles. The molecular weight excluding hydrogens is 472 g/mol. The molecule has 30 heavy (non-hydrogen) atoms. The van der Waals surface area contributed by atoms with Crippen molar-refractivity contribution in [2.24, 2.45) is 7.05 Å². The first-order valence-electron chi connectivity index (χ1n) is 8.91. The SMILES string of the molecule is COc1ccc(OC)c(NC(=O)CSc2nnc(COc3ccc(Br)cc3)n2C)c1. The lowest BCUT2D eigenvalue weighted by Crippen LogP contribution is -2.15. The molecule has 0 spiro atoms. The molecule has 0 aliphatic heterocycles. The number of ether oxygens (including phenoxy) is 3. The van der Waals surface area contributed by atoms with E-state index in [0.717, 1.165) is 10.2 Å². The normalized spacial score (nSPS) is 10.5. The van der Waals surface area contributed by atoms with Gasteiger partial charge in [-0.3, -0.25) is 4.79 Å².